The van der Waals surface area contributed by atoms with Gasteiger partial charge in [-0.05, 0) is 30.5 Å². The largest absolute Gasteiger partial charge is 0.192 e. The van der Waals surface area contributed by atoms with Gasteiger partial charge in [-0.1, -0.05) is 31.2 Å². The predicted octanol–water partition coefficient (Wildman–Crippen LogP) is 3.15. The van der Waals surface area contributed by atoms with Crippen molar-refractivity contribution in [3.05, 3.63) is 41.0 Å². The smallest absolute Gasteiger partial charge is 0.0994 e. The number of benzene rings is 1. The maximum absolute atomic E-state index is 8.87. The molecule has 66 valence electrons. The summed E-state index contributed by atoms with van der Waals surface area (Å²) >= 11 is 0. The topological polar surface area (TPSA) is 23.8 Å². The molecule has 0 fully saturated rings. The number of hydrogen-bond acceptors (Lipinski definition) is 1. The van der Waals surface area contributed by atoms with Crippen molar-refractivity contribution < 1.29 is 0 Å². The summed E-state index contributed by atoms with van der Waals surface area (Å²) in [4.78, 5) is 0. The van der Waals surface area contributed by atoms with Gasteiger partial charge in [0.25, 0.3) is 0 Å². The molecule has 0 aliphatic rings. The molecule has 0 atom stereocenters. The van der Waals surface area contributed by atoms with Crippen molar-refractivity contribution >= 4 is 6.08 Å². The summed E-state index contributed by atoms with van der Waals surface area (Å²) in [6, 6.07) is 8.04. The van der Waals surface area contributed by atoms with Crippen LogP contribution in [0.1, 0.15) is 30.5 Å². The Morgan fingerprint density at radius 1 is 1.46 bits per heavy atom. The highest BCUT2D eigenvalue weighted by Crippen LogP contribution is 2.16. The lowest BCUT2D eigenvalue weighted by molar-refractivity contribution is 1.12. The van der Waals surface area contributed by atoms with Crippen LogP contribution in [0, 0.1) is 11.3 Å². The quantitative estimate of drug-likeness (QED) is 0.670. The van der Waals surface area contributed by atoms with E-state index in [4.69, 9.17) is 5.26 Å². The third kappa shape index (κ3) is 1.97. The van der Waals surface area contributed by atoms with Crippen LogP contribution in [0.3, 0.4) is 0 Å². The van der Waals surface area contributed by atoms with Gasteiger partial charge in [-0.2, -0.15) is 5.26 Å². The highest BCUT2D eigenvalue weighted by Gasteiger charge is 2.02. The molecule has 0 amide bonds. The van der Waals surface area contributed by atoms with Crippen LogP contribution in [0.2, 0.25) is 0 Å². The van der Waals surface area contributed by atoms with E-state index in [0.29, 0.717) is 0 Å². The first-order valence-electron chi connectivity index (χ1n) is 4.48. The molecule has 0 saturated heterocycles. The van der Waals surface area contributed by atoms with Crippen molar-refractivity contribution in [2.75, 3.05) is 0 Å². The van der Waals surface area contributed by atoms with E-state index >= 15 is 0 Å². The van der Waals surface area contributed by atoms with Gasteiger partial charge in [-0.25, -0.2) is 0 Å². The Balaban J connectivity index is 3.29. The predicted molar refractivity (Wildman–Crippen MR) is 55.2 cm³/mol. The van der Waals surface area contributed by atoms with Crippen LogP contribution in [-0.4, -0.2) is 0 Å². The highest BCUT2D eigenvalue weighted by molar-refractivity contribution is 5.58. The van der Waals surface area contributed by atoms with E-state index in [2.05, 4.69) is 13.0 Å². The molecule has 0 aliphatic heterocycles. The average Bonchev–Trinajstić information content (AvgIpc) is 2.18. The second kappa shape index (κ2) is 4.47. The fourth-order valence-electron chi connectivity index (χ4n) is 1.44. The normalized spacial score (nSPS) is 10.2. The Bertz CT molecular complexity index is 356. The summed E-state index contributed by atoms with van der Waals surface area (Å²) in [5.41, 5.74) is 3.09. The lowest BCUT2D eigenvalue weighted by Gasteiger charge is -2.04. The van der Waals surface area contributed by atoms with Crippen LogP contribution in [0.15, 0.2) is 24.3 Å². The number of rotatable bonds is 2. The molecule has 1 aromatic rings. The first kappa shape index (κ1) is 9.54. The second-order valence-corrected chi connectivity index (χ2v) is 2.84. The summed E-state index contributed by atoms with van der Waals surface area (Å²) in [5.74, 6) is 0. The van der Waals surface area contributed by atoms with Crippen molar-refractivity contribution in [3.8, 4) is 6.07 Å². The Hall–Kier alpha value is -1.55. The van der Waals surface area contributed by atoms with Crippen molar-refractivity contribution in [2.24, 2.45) is 0 Å². The van der Waals surface area contributed by atoms with Gasteiger partial charge in [-0.3, -0.25) is 0 Å². The minimum atomic E-state index is 0.790. The third-order valence-corrected chi connectivity index (χ3v) is 2.03. The molecular weight excluding hydrogens is 158 g/mol. The van der Waals surface area contributed by atoms with E-state index in [1.807, 2.05) is 37.3 Å². The van der Waals surface area contributed by atoms with Gasteiger partial charge in [0.2, 0.25) is 0 Å². The van der Waals surface area contributed by atoms with Crippen LogP contribution >= 0.6 is 0 Å². The average molecular weight is 171 g/mol. The van der Waals surface area contributed by atoms with Gasteiger partial charge in [0.15, 0.2) is 0 Å². The van der Waals surface area contributed by atoms with Crippen LogP contribution in [0.5, 0.6) is 0 Å². The summed E-state index contributed by atoms with van der Waals surface area (Å²) < 4.78 is 0. The molecule has 1 heteroatoms. The zero-order chi connectivity index (χ0) is 9.68. The molecule has 0 radical (unpaired) electrons. The van der Waals surface area contributed by atoms with E-state index in [9.17, 15) is 0 Å². The molecule has 0 heterocycles. The number of hydrogen-bond donors (Lipinski definition) is 0. The first-order chi connectivity index (χ1) is 6.33. The van der Waals surface area contributed by atoms with Crippen LogP contribution < -0.4 is 0 Å². The molecule has 0 N–H and O–H groups in total. The lowest BCUT2D eigenvalue weighted by atomic mass is 9.99. The Labute approximate surface area is 79.3 Å². The molecule has 0 unspecified atom stereocenters. The zero-order valence-electron chi connectivity index (χ0n) is 8.04. The molecule has 1 nitrogen and oxygen atoms in total. The Morgan fingerprint density at radius 3 is 2.77 bits per heavy atom. The minimum Gasteiger partial charge on any atom is -0.192 e. The molecule has 13 heavy (non-hydrogen) atoms. The number of allylic oxidation sites excluding steroid dienone is 1. The fraction of sp³-hybridized carbons (Fsp3) is 0.250. The molecule has 0 bridgehead atoms. The lowest BCUT2D eigenvalue weighted by Crippen LogP contribution is -1.91. The minimum absolute atomic E-state index is 0.790. The summed E-state index contributed by atoms with van der Waals surface area (Å²) in [6.07, 6.45) is 4.94. The maximum atomic E-state index is 8.87. The van der Waals surface area contributed by atoms with Gasteiger partial charge >= 0.3 is 0 Å². The molecule has 0 aliphatic carbocycles. The standard InChI is InChI=1S/C12H13N/c1-3-6-10-7-5-8-11(9-13)12(10)4-2/h3,5-8H,4H2,1-2H3. The molecular formula is C12H13N. The van der Waals surface area contributed by atoms with Crippen LogP contribution in [0.4, 0.5) is 0 Å². The summed E-state index contributed by atoms with van der Waals surface area (Å²) in [7, 11) is 0. The first-order valence-corrected chi connectivity index (χ1v) is 4.48. The number of nitriles is 1. The van der Waals surface area contributed by atoms with Gasteiger partial charge in [-0.15, -0.1) is 0 Å². The van der Waals surface area contributed by atoms with Gasteiger partial charge in [0.05, 0.1) is 11.6 Å². The van der Waals surface area contributed by atoms with Crippen molar-refractivity contribution in [1.82, 2.24) is 0 Å². The Kier molecular flexibility index (Phi) is 3.28. The monoisotopic (exact) mass is 171 g/mol. The van der Waals surface area contributed by atoms with Gasteiger partial charge < -0.3 is 0 Å². The zero-order valence-corrected chi connectivity index (χ0v) is 8.04. The highest BCUT2D eigenvalue weighted by atomic mass is 14.2. The van der Waals surface area contributed by atoms with Crippen molar-refractivity contribution in [3.63, 3.8) is 0 Å². The van der Waals surface area contributed by atoms with Crippen LogP contribution in [0.25, 0.3) is 6.08 Å². The van der Waals surface area contributed by atoms with E-state index < -0.39 is 0 Å². The van der Waals surface area contributed by atoms with Crippen molar-refractivity contribution in [1.29, 1.82) is 5.26 Å². The van der Waals surface area contributed by atoms with E-state index in [1.54, 1.807) is 0 Å². The second-order valence-electron chi connectivity index (χ2n) is 2.84. The Morgan fingerprint density at radius 2 is 2.23 bits per heavy atom. The maximum Gasteiger partial charge on any atom is 0.0994 e. The summed E-state index contributed by atoms with van der Waals surface area (Å²) in [5, 5.41) is 8.87. The van der Waals surface area contributed by atoms with E-state index in [-0.39, 0.29) is 0 Å². The molecule has 0 aromatic heterocycles. The summed E-state index contributed by atoms with van der Waals surface area (Å²) in [6.45, 7) is 4.06. The molecule has 1 rings (SSSR count). The molecule has 0 spiro atoms. The third-order valence-electron chi connectivity index (χ3n) is 2.03. The molecule has 1 aromatic carbocycles. The SMILES string of the molecule is CC=Cc1cccc(C#N)c1CC. The van der Waals surface area contributed by atoms with Gasteiger partial charge in [0.1, 0.15) is 0 Å². The fourth-order valence-corrected chi connectivity index (χ4v) is 1.44. The van der Waals surface area contributed by atoms with Gasteiger partial charge in [0, 0.05) is 0 Å². The van der Waals surface area contributed by atoms with Crippen LogP contribution in [-0.2, 0) is 6.42 Å². The molecule has 0 saturated carbocycles. The number of nitrogens with zero attached hydrogens (tertiary/aromatic N) is 1. The van der Waals surface area contributed by atoms with E-state index in [1.165, 1.54) is 0 Å². The van der Waals surface area contributed by atoms with E-state index in [0.717, 1.165) is 23.1 Å². The van der Waals surface area contributed by atoms with Crippen molar-refractivity contribution in [2.45, 2.75) is 20.3 Å².